The molecule has 1 aromatic heterocycles. The number of aromatic nitrogens is 2. The van der Waals surface area contributed by atoms with Gasteiger partial charge < -0.3 is 9.88 Å². The van der Waals surface area contributed by atoms with Crippen molar-refractivity contribution in [2.24, 2.45) is 0 Å². The van der Waals surface area contributed by atoms with Crippen LogP contribution in [0, 0.1) is 13.8 Å². The first kappa shape index (κ1) is 22.0. The van der Waals surface area contributed by atoms with Gasteiger partial charge in [0.1, 0.15) is 5.82 Å². The number of para-hydroxylation sites is 1. The van der Waals surface area contributed by atoms with E-state index in [0.717, 1.165) is 28.2 Å². The zero-order valence-corrected chi connectivity index (χ0v) is 18.9. The van der Waals surface area contributed by atoms with Crippen LogP contribution in [0.4, 0.5) is 5.69 Å². The Bertz CT molecular complexity index is 1180. The van der Waals surface area contributed by atoms with Crippen LogP contribution < -0.4 is 5.32 Å². The van der Waals surface area contributed by atoms with Gasteiger partial charge >= 0.3 is 0 Å². The minimum absolute atomic E-state index is 0.0713. The molecular weight excluding hydrogens is 400 g/mol. The lowest BCUT2D eigenvalue weighted by Crippen LogP contribution is -2.22. The van der Waals surface area contributed by atoms with Gasteiger partial charge in [0.05, 0.1) is 15.9 Å². The molecule has 0 saturated carbocycles. The van der Waals surface area contributed by atoms with Crippen molar-refractivity contribution < 1.29 is 13.2 Å². The lowest BCUT2D eigenvalue weighted by Gasteiger charge is -2.12. The van der Waals surface area contributed by atoms with Gasteiger partial charge in [-0.1, -0.05) is 18.2 Å². The monoisotopic (exact) mass is 428 g/mol. The largest absolute Gasteiger partial charge is 0.328 e. The van der Waals surface area contributed by atoms with E-state index in [9.17, 15) is 13.2 Å². The molecule has 0 saturated heterocycles. The smallest absolute Gasteiger partial charge is 0.242 e. The molecule has 0 aliphatic heterocycles. The molecule has 1 heterocycles. The highest BCUT2D eigenvalue weighted by atomic mass is 32.2. The number of carbonyl (C=O) groups is 1. The summed E-state index contributed by atoms with van der Waals surface area (Å²) in [6.45, 7) is 6.63. The number of aryl methyl sites for hydroxylation is 4. The fourth-order valence-electron chi connectivity index (χ4n) is 3.51. The quantitative estimate of drug-likeness (QED) is 0.624. The van der Waals surface area contributed by atoms with Gasteiger partial charge in [0.25, 0.3) is 0 Å². The highest BCUT2D eigenvalue weighted by Crippen LogP contribution is 2.23. The molecule has 0 bridgehead atoms. The van der Waals surface area contributed by atoms with E-state index < -0.39 is 10.0 Å². The van der Waals surface area contributed by atoms with Crippen molar-refractivity contribution in [1.82, 2.24) is 13.9 Å². The van der Waals surface area contributed by atoms with Crippen LogP contribution >= 0.6 is 0 Å². The summed E-state index contributed by atoms with van der Waals surface area (Å²) in [6, 6.07) is 10.9. The molecule has 3 aromatic rings. The first-order valence-corrected chi connectivity index (χ1v) is 11.4. The Balaban J connectivity index is 1.83. The van der Waals surface area contributed by atoms with Crippen LogP contribution in [-0.4, -0.2) is 42.3 Å². The molecule has 0 aliphatic carbocycles. The molecule has 1 N–H and O–H groups in total. The Hall–Kier alpha value is -2.71. The van der Waals surface area contributed by atoms with Crippen molar-refractivity contribution in [2.75, 3.05) is 19.4 Å². The summed E-state index contributed by atoms with van der Waals surface area (Å²) < 4.78 is 28.0. The zero-order chi connectivity index (χ0) is 22.1. The molecule has 160 valence electrons. The van der Waals surface area contributed by atoms with Crippen molar-refractivity contribution in [2.45, 2.75) is 45.1 Å². The first-order chi connectivity index (χ1) is 14.1. The standard InChI is InChI=1S/C22H28N4O3S/c1-6-26-19-11-10-17(30(28,29)25(4)5)14-18(19)23-20(26)12-13-21(27)24-22-15(2)8-7-9-16(22)3/h7-11,14H,6,12-13H2,1-5H3,(H,24,27). The third kappa shape index (κ3) is 4.24. The Morgan fingerprint density at radius 3 is 2.40 bits per heavy atom. The normalized spacial score (nSPS) is 11.9. The summed E-state index contributed by atoms with van der Waals surface area (Å²) >= 11 is 0. The minimum Gasteiger partial charge on any atom is -0.328 e. The third-order valence-corrected chi connectivity index (χ3v) is 7.03. The number of hydrogen-bond donors (Lipinski definition) is 1. The van der Waals surface area contributed by atoms with E-state index >= 15 is 0 Å². The number of nitrogens with zero attached hydrogens (tertiary/aromatic N) is 3. The lowest BCUT2D eigenvalue weighted by molar-refractivity contribution is -0.116. The van der Waals surface area contributed by atoms with Gasteiger partial charge in [0.15, 0.2) is 0 Å². The molecule has 30 heavy (non-hydrogen) atoms. The molecule has 0 unspecified atom stereocenters. The summed E-state index contributed by atoms with van der Waals surface area (Å²) in [5.74, 6) is 0.696. The molecule has 2 aromatic carbocycles. The van der Waals surface area contributed by atoms with E-state index in [-0.39, 0.29) is 10.8 Å². The van der Waals surface area contributed by atoms with Gasteiger partial charge in [0, 0.05) is 39.2 Å². The second-order valence-electron chi connectivity index (χ2n) is 7.53. The fraction of sp³-hybridized carbons (Fsp3) is 0.364. The predicted molar refractivity (Wildman–Crippen MR) is 119 cm³/mol. The van der Waals surface area contributed by atoms with Gasteiger partial charge in [-0.25, -0.2) is 17.7 Å². The molecule has 3 rings (SSSR count). The van der Waals surface area contributed by atoms with Crippen molar-refractivity contribution >= 4 is 32.7 Å². The maximum Gasteiger partial charge on any atom is 0.242 e. The highest BCUT2D eigenvalue weighted by molar-refractivity contribution is 7.89. The number of hydrogen-bond acceptors (Lipinski definition) is 4. The molecule has 0 spiro atoms. The summed E-state index contributed by atoms with van der Waals surface area (Å²) in [5.41, 5.74) is 4.38. The molecule has 0 fully saturated rings. The number of imidazole rings is 1. The number of amides is 1. The third-order valence-electron chi connectivity index (χ3n) is 5.21. The Morgan fingerprint density at radius 1 is 1.13 bits per heavy atom. The average molecular weight is 429 g/mol. The van der Waals surface area contributed by atoms with Gasteiger partial charge in [-0.05, 0) is 50.1 Å². The fourth-order valence-corrected chi connectivity index (χ4v) is 4.44. The molecule has 0 aliphatic rings. The Morgan fingerprint density at radius 2 is 1.80 bits per heavy atom. The van der Waals surface area contributed by atoms with Crippen LogP contribution in [0.1, 0.15) is 30.3 Å². The molecule has 0 atom stereocenters. The van der Waals surface area contributed by atoms with Crippen LogP contribution in [0.25, 0.3) is 11.0 Å². The number of nitrogens with one attached hydrogen (secondary N) is 1. The molecule has 0 radical (unpaired) electrons. The van der Waals surface area contributed by atoms with Crippen LogP contribution in [0.5, 0.6) is 0 Å². The number of rotatable bonds is 7. The molecule has 7 nitrogen and oxygen atoms in total. The van der Waals surface area contributed by atoms with Crippen molar-refractivity contribution in [1.29, 1.82) is 0 Å². The molecule has 8 heteroatoms. The number of benzene rings is 2. The topological polar surface area (TPSA) is 84.3 Å². The SMILES string of the molecule is CCn1c(CCC(=O)Nc2c(C)cccc2C)nc2cc(S(=O)(=O)N(C)C)ccc21. The lowest BCUT2D eigenvalue weighted by atomic mass is 10.1. The van der Waals surface area contributed by atoms with Crippen molar-refractivity contribution in [3.8, 4) is 0 Å². The van der Waals surface area contributed by atoms with Gasteiger partial charge in [0.2, 0.25) is 15.9 Å². The van der Waals surface area contributed by atoms with E-state index in [1.165, 1.54) is 18.4 Å². The van der Waals surface area contributed by atoms with E-state index in [0.29, 0.717) is 24.9 Å². The van der Waals surface area contributed by atoms with Crippen molar-refractivity contribution in [3.05, 3.63) is 53.3 Å². The maximum absolute atomic E-state index is 12.5. The molecule has 1 amide bonds. The average Bonchev–Trinajstić information content (AvgIpc) is 3.05. The highest BCUT2D eigenvalue weighted by Gasteiger charge is 2.20. The predicted octanol–water partition coefficient (Wildman–Crippen LogP) is 3.49. The van der Waals surface area contributed by atoms with E-state index in [1.54, 1.807) is 18.2 Å². The zero-order valence-electron chi connectivity index (χ0n) is 18.1. The number of anilines is 1. The summed E-state index contributed by atoms with van der Waals surface area (Å²) in [7, 11) is -0.519. The second kappa shape index (κ2) is 8.57. The number of fused-ring (bicyclic) bond motifs is 1. The second-order valence-corrected chi connectivity index (χ2v) is 9.68. The van der Waals surface area contributed by atoms with Gasteiger partial charge in [-0.15, -0.1) is 0 Å². The van der Waals surface area contributed by atoms with E-state index in [4.69, 9.17) is 0 Å². The van der Waals surface area contributed by atoms with Crippen LogP contribution in [0.2, 0.25) is 0 Å². The molecular formula is C22H28N4O3S. The number of sulfonamides is 1. The van der Waals surface area contributed by atoms with E-state index in [2.05, 4.69) is 10.3 Å². The Kier molecular flexibility index (Phi) is 6.28. The van der Waals surface area contributed by atoms with Crippen molar-refractivity contribution in [3.63, 3.8) is 0 Å². The summed E-state index contributed by atoms with van der Waals surface area (Å²) in [5, 5.41) is 3.00. The minimum atomic E-state index is -3.53. The van der Waals surface area contributed by atoms with Gasteiger partial charge in [-0.3, -0.25) is 4.79 Å². The van der Waals surface area contributed by atoms with Crippen LogP contribution in [-0.2, 0) is 27.8 Å². The summed E-state index contributed by atoms with van der Waals surface area (Å²) in [6.07, 6.45) is 0.759. The van der Waals surface area contributed by atoms with E-state index in [1.807, 2.05) is 43.5 Å². The van der Waals surface area contributed by atoms with Crippen LogP contribution in [0.15, 0.2) is 41.3 Å². The van der Waals surface area contributed by atoms with Gasteiger partial charge in [-0.2, -0.15) is 0 Å². The summed E-state index contributed by atoms with van der Waals surface area (Å²) in [4.78, 5) is 17.4. The number of carbonyl (C=O) groups excluding carboxylic acids is 1. The maximum atomic E-state index is 12.5. The van der Waals surface area contributed by atoms with Crippen LogP contribution in [0.3, 0.4) is 0 Å². The first-order valence-electron chi connectivity index (χ1n) is 9.93. The Labute approximate surface area is 177 Å².